The first kappa shape index (κ1) is 35.6. The first-order chi connectivity index (χ1) is 24.1. The zero-order valence-corrected chi connectivity index (χ0v) is 29.0. The van der Waals surface area contributed by atoms with E-state index in [2.05, 4.69) is 0 Å². The fourth-order valence-electron chi connectivity index (χ4n) is 6.96. The zero-order chi connectivity index (χ0) is 35.5. The Bertz CT molecular complexity index is 1880. The summed E-state index contributed by atoms with van der Waals surface area (Å²) in [4.78, 5) is 15.7. The van der Waals surface area contributed by atoms with Gasteiger partial charge in [-0.1, -0.05) is 91.9 Å². The molecule has 0 bridgehead atoms. The predicted molar refractivity (Wildman–Crippen MR) is 191 cm³/mol. The maximum Gasteiger partial charge on any atom is 0.360 e. The number of aliphatic hydroxyl groups is 2. The third-order valence-corrected chi connectivity index (χ3v) is 11.7. The summed E-state index contributed by atoms with van der Waals surface area (Å²) in [6.45, 7) is 2.32. The second-order valence-electron chi connectivity index (χ2n) is 12.8. The summed E-state index contributed by atoms with van der Waals surface area (Å²) >= 11 is 0. The fourth-order valence-corrected chi connectivity index (χ4v) is 8.04. The molecule has 1 fully saturated rings. The second kappa shape index (κ2) is 15.0. The number of benzene rings is 4. The van der Waals surface area contributed by atoms with Gasteiger partial charge in [0.05, 0.1) is 42.2 Å². The largest absolute Gasteiger partial charge is 0.392 e. The van der Waals surface area contributed by atoms with E-state index in [0.717, 1.165) is 16.7 Å². The van der Waals surface area contributed by atoms with Gasteiger partial charge < -0.3 is 28.9 Å². The van der Waals surface area contributed by atoms with Crippen LogP contribution >= 0.6 is 7.60 Å². The van der Waals surface area contributed by atoms with Crippen molar-refractivity contribution in [3.8, 4) is 0 Å². The van der Waals surface area contributed by atoms with Crippen LogP contribution in [0.5, 0.6) is 0 Å². The molecular formula is C40H41FNO7P. The number of hydrogen-bond acceptors (Lipinski definition) is 7. The van der Waals surface area contributed by atoms with Crippen molar-refractivity contribution in [3.63, 3.8) is 0 Å². The summed E-state index contributed by atoms with van der Waals surface area (Å²) in [7, 11) is -0.739. The van der Waals surface area contributed by atoms with Gasteiger partial charge in [-0.05, 0) is 64.7 Å². The van der Waals surface area contributed by atoms with Crippen molar-refractivity contribution in [1.82, 2.24) is 0 Å². The highest BCUT2D eigenvalue weighted by atomic mass is 31.2. The fraction of sp³-hybridized carbons (Fsp3) is 0.275. The molecule has 1 saturated heterocycles. The van der Waals surface area contributed by atoms with Crippen molar-refractivity contribution >= 4 is 30.1 Å². The van der Waals surface area contributed by atoms with Gasteiger partial charge in [-0.25, -0.2) is 4.39 Å². The Morgan fingerprint density at radius 1 is 0.880 bits per heavy atom. The average Bonchev–Trinajstić information content (AvgIpc) is 3.14. The number of halogens is 1. The first-order valence-corrected chi connectivity index (χ1v) is 18.0. The minimum atomic E-state index is -3.43. The molecule has 0 aromatic heterocycles. The second-order valence-corrected chi connectivity index (χ2v) is 15.1. The summed E-state index contributed by atoms with van der Waals surface area (Å²) < 4.78 is 43.5. The average molecular weight is 698 g/mol. The zero-order valence-electron chi connectivity index (χ0n) is 28.1. The molecule has 6 rings (SSSR count). The number of rotatable bonds is 13. The van der Waals surface area contributed by atoms with Crippen molar-refractivity contribution in [1.29, 1.82) is 0 Å². The minimum absolute atomic E-state index is 0.114. The molecular weight excluding hydrogens is 656 g/mol. The van der Waals surface area contributed by atoms with Gasteiger partial charge in [0.1, 0.15) is 5.82 Å². The van der Waals surface area contributed by atoms with Crippen LogP contribution in [0.3, 0.4) is 0 Å². The van der Waals surface area contributed by atoms with E-state index in [-0.39, 0.29) is 12.3 Å². The van der Waals surface area contributed by atoms with Gasteiger partial charge in [-0.2, -0.15) is 0 Å². The summed E-state index contributed by atoms with van der Waals surface area (Å²) in [5.74, 6) is -1.56. The molecule has 260 valence electrons. The Balaban J connectivity index is 1.36. The molecule has 6 atom stereocenters. The van der Waals surface area contributed by atoms with Gasteiger partial charge in [-0.3, -0.25) is 9.36 Å². The van der Waals surface area contributed by atoms with Crippen LogP contribution in [0, 0.1) is 17.2 Å². The standard InChI is InChI=1S/C40H41FNO7P/c1-40(38-37(39(45)42(38)32-12-8-5-9-13-32)35(44)25-34(43)29-14-18-31(41)19-15-29)23-22-30(24-36(40)49-26-27-10-6-4-7-11-27)28-16-20-33(21-17-28)50(46,47-2)48-3/h4-24,34-38,43-44H,25-26H2,1-3H3/t34-,35+,36?,37+,38-,40?/m0/s1. The number of amides is 1. The highest BCUT2D eigenvalue weighted by Gasteiger charge is 2.61. The summed E-state index contributed by atoms with van der Waals surface area (Å²) in [6.07, 6.45) is 3.04. The van der Waals surface area contributed by atoms with E-state index < -0.39 is 49.1 Å². The van der Waals surface area contributed by atoms with E-state index in [1.165, 1.54) is 38.5 Å². The van der Waals surface area contributed by atoms with E-state index in [1.54, 1.807) is 17.0 Å². The highest BCUT2D eigenvalue weighted by molar-refractivity contribution is 7.62. The maximum absolute atomic E-state index is 14.0. The van der Waals surface area contributed by atoms with Crippen LogP contribution in [-0.2, 0) is 29.8 Å². The molecule has 4 aromatic carbocycles. The van der Waals surface area contributed by atoms with E-state index in [0.29, 0.717) is 23.2 Å². The van der Waals surface area contributed by atoms with Crippen molar-refractivity contribution < 1.29 is 37.7 Å². The molecule has 0 spiro atoms. The summed E-state index contributed by atoms with van der Waals surface area (Å²) in [5.41, 5.74) is 2.98. The van der Waals surface area contributed by atoms with Crippen molar-refractivity contribution in [2.24, 2.45) is 11.3 Å². The lowest BCUT2D eigenvalue weighted by Gasteiger charge is -2.57. The number of β-lactam (4-membered cyclic amide) rings is 1. The van der Waals surface area contributed by atoms with Crippen LogP contribution in [0.15, 0.2) is 127 Å². The van der Waals surface area contributed by atoms with E-state index in [4.69, 9.17) is 13.8 Å². The van der Waals surface area contributed by atoms with Crippen LogP contribution < -0.4 is 10.2 Å². The number of carbonyl (C=O) groups is 1. The van der Waals surface area contributed by atoms with E-state index in [9.17, 15) is 24.0 Å². The molecule has 0 radical (unpaired) electrons. The molecule has 0 saturated carbocycles. The van der Waals surface area contributed by atoms with Gasteiger partial charge in [0.2, 0.25) is 5.91 Å². The molecule has 1 heterocycles. The molecule has 2 aliphatic rings. The van der Waals surface area contributed by atoms with Crippen LogP contribution in [0.2, 0.25) is 0 Å². The lowest BCUT2D eigenvalue weighted by Crippen LogP contribution is -2.72. The molecule has 4 aromatic rings. The Morgan fingerprint density at radius 3 is 2.12 bits per heavy atom. The molecule has 1 aliphatic carbocycles. The Hall–Kier alpha value is -4.21. The van der Waals surface area contributed by atoms with Gasteiger partial charge in [0.15, 0.2) is 0 Å². The number of carbonyl (C=O) groups excluding carboxylic acids is 1. The predicted octanol–water partition coefficient (Wildman–Crippen LogP) is 7.00. The Morgan fingerprint density at radius 2 is 1.50 bits per heavy atom. The Kier molecular flexibility index (Phi) is 10.6. The van der Waals surface area contributed by atoms with Gasteiger partial charge in [-0.15, -0.1) is 0 Å². The lowest BCUT2D eigenvalue weighted by molar-refractivity contribution is -0.144. The monoisotopic (exact) mass is 697 g/mol. The maximum atomic E-state index is 14.0. The normalized spacial score (nSPS) is 23.2. The topological polar surface area (TPSA) is 106 Å². The molecule has 8 nitrogen and oxygen atoms in total. The minimum Gasteiger partial charge on any atom is -0.392 e. The van der Waals surface area contributed by atoms with Crippen molar-refractivity contribution in [3.05, 3.63) is 150 Å². The Labute approximate surface area is 292 Å². The number of para-hydroxylation sites is 1. The van der Waals surface area contributed by atoms with E-state index >= 15 is 0 Å². The molecule has 1 amide bonds. The molecule has 1 aliphatic heterocycles. The lowest BCUT2D eigenvalue weighted by atomic mass is 9.62. The molecule has 10 heteroatoms. The van der Waals surface area contributed by atoms with Crippen molar-refractivity contribution in [2.75, 3.05) is 19.1 Å². The number of anilines is 1. The van der Waals surface area contributed by atoms with Gasteiger partial charge in [0, 0.05) is 31.7 Å². The third-order valence-electron chi connectivity index (χ3n) is 9.78. The number of allylic oxidation sites excluding steroid dienone is 2. The van der Waals surface area contributed by atoms with Crippen LogP contribution in [0.25, 0.3) is 5.57 Å². The van der Waals surface area contributed by atoms with Crippen molar-refractivity contribution in [2.45, 2.75) is 44.3 Å². The number of ether oxygens (including phenoxy) is 1. The number of nitrogens with zero attached hydrogens (tertiary/aromatic N) is 1. The summed E-state index contributed by atoms with van der Waals surface area (Å²) in [6, 6.07) is 31.1. The highest BCUT2D eigenvalue weighted by Crippen LogP contribution is 2.51. The van der Waals surface area contributed by atoms with Gasteiger partial charge in [0.25, 0.3) is 0 Å². The van der Waals surface area contributed by atoms with Crippen LogP contribution in [-0.4, -0.2) is 48.6 Å². The first-order valence-electron chi connectivity index (χ1n) is 16.5. The SMILES string of the molecule is COP(=O)(OC)c1ccc(C2=CC(OCc3ccccc3)C(C)([C@@H]3[C@@H]([C@H](O)C[C@H](O)c4ccc(F)cc4)C(=O)N3c3ccccc3)C=C2)cc1. The smallest absolute Gasteiger partial charge is 0.360 e. The third kappa shape index (κ3) is 7.03. The number of hydrogen-bond donors (Lipinski definition) is 2. The quantitative estimate of drug-likeness (QED) is 0.115. The summed E-state index contributed by atoms with van der Waals surface area (Å²) in [5, 5.41) is 23.1. The molecule has 2 unspecified atom stereocenters. The van der Waals surface area contributed by atoms with Gasteiger partial charge >= 0.3 is 7.60 Å². The van der Waals surface area contributed by atoms with E-state index in [1.807, 2.05) is 97.9 Å². The molecule has 50 heavy (non-hydrogen) atoms. The number of aliphatic hydroxyl groups excluding tert-OH is 2. The van der Waals surface area contributed by atoms with Crippen LogP contribution in [0.4, 0.5) is 10.1 Å². The van der Waals surface area contributed by atoms with Crippen LogP contribution in [0.1, 0.15) is 36.1 Å². The molecule has 2 N–H and O–H groups in total.